The predicted molar refractivity (Wildman–Crippen MR) is 69.8 cm³/mol. The number of imidazole rings is 1. The number of benzene rings is 1. The van der Waals surface area contributed by atoms with Gasteiger partial charge in [-0.2, -0.15) is 0 Å². The minimum atomic E-state index is -0.522. The SMILES string of the molecule is CC[C@@H](C)Cn1c([C@H](C)O)nc2ccccc21. The third kappa shape index (κ3) is 2.34. The first-order valence-corrected chi connectivity index (χ1v) is 6.26. The summed E-state index contributed by atoms with van der Waals surface area (Å²) in [4.78, 5) is 4.51. The first-order chi connectivity index (χ1) is 8.13. The summed E-state index contributed by atoms with van der Waals surface area (Å²) >= 11 is 0. The fraction of sp³-hybridized carbons (Fsp3) is 0.500. The number of para-hydroxylation sites is 2. The van der Waals surface area contributed by atoms with Gasteiger partial charge in [-0.3, -0.25) is 0 Å². The van der Waals surface area contributed by atoms with Crippen LogP contribution in [0.5, 0.6) is 0 Å². The van der Waals surface area contributed by atoms with Gasteiger partial charge in [0, 0.05) is 6.54 Å². The van der Waals surface area contributed by atoms with E-state index in [9.17, 15) is 5.11 Å². The molecule has 0 unspecified atom stereocenters. The average Bonchev–Trinajstić information content (AvgIpc) is 2.68. The van der Waals surface area contributed by atoms with E-state index < -0.39 is 6.10 Å². The lowest BCUT2D eigenvalue weighted by Crippen LogP contribution is -2.12. The minimum absolute atomic E-state index is 0.522. The summed E-state index contributed by atoms with van der Waals surface area (Å²) in [6, 6.07) is 8.06. The Balaban J connectivity index is 2.52. The monoisotopic (exact) mass is 232 g/mol. The molecule has 0 aliphatic carbocycles. The molecule has 0 radical (unpaired) electrons. The summed E-state index contributed by atoms with van der Waals surface area (Å²) in [6.07, 6.45) is 0.609. The predicted octanol–water partition coefficient (Wildman–Crippen LogP) is 3.14. The van der Waals surface area contributed by atoms with Crippen molar-refractivity contribution < 1.29 is 5.11 Å². The van der Waals surface area contributed by atoms with Crippen molar-refractivity contribution in [1.82, 2.24) is 9.55 Å². The van der Waals surface area contributed by atoms with E-state index in [4.69, 9.17) is 0 Å². The standard InChI is InChI=1S/C14H20N2O/c1-4-10(2)9-16-13-8-6-5-7-12(13)15-14(16)11(3)17/h5-8,10-11,17H,4,9H2,1-3H3/t10-,11+/m1/s1. The van der Waals surface area contributed by atoms with E-state index >= 15 is 0 Å². The van der Waals surface area contributed by atoms with Gasteiger partial charge in [0.05, 0.1) is 11.0 Å². The van der Waals surface area contributed by atoms with Gasteiger partial charge in [0.1, 0.15) is 11.9 Å². The molecular formula is C14H20N2O. The topological polar surface area (TPSA) is 38.0 Å². The number of aromatic nitrogens is 2. The van der Waals surface area contributed by atoms with E-state index in [0.717, 1.165) is 29.8 Å². The largest absolute Gasteiger partial charge is 0.385 e. The van der Waals surface area contributed by atoms with Gasteiger partial charge in [-0.25, -0.2) is 4.98 Å². The van der Waals surface area contributed by atoms with E-state index in [1.54, 1.807) is 6.92 Å². The molecule has 0 saturated heterocycles. The second kappa shape index (κ2) is 4.88. The van der Waals surface area contributed by atoms with Crippen LogP contribution in [0.4, 0.5) is 0 Å². The van der Waals surface area contributed by atoms with Crippen molar-refractivity contribution >= 4 is 11.0 Å². The number of rotatable bonds is 4. The molecule has 0 aliphatic heterocycles. The second-order valence-electron chi connectivity index (χ2n) is 4.76. The lowest BCUT2D eigenvalue weighted by atomic mass is 10.1. The zero-order valence-corrected chi connectivity index (χ0v) is 10.7. The smallest absolute Gasteiger partial charge is 0.138 e. The summed E-state index contributed by atoms with van der Waals surface area (Å²) in [7, 11) is 0. The molecule has 1 aromatic heterocycles. The molecule has 3 nitrogen and oxygen atoms in total. The number of hydrogen-bond acceptors (Lipinski definition) is 2. The van der Waals surface area contributed by atoms with Gasteiger partial charge in [-0.05, 0) is 25.0 Å². The fourth-order valence-corrected chi connectivity index (χ4v) is 2.05. The lowest BCUT2D eigenvalue weighted by molar-refractivity contribution is 0.182. The highest BCUT2D eigenvalue weighted by Gasteiger charge is 2.15. The van der Waals surface area contributed by atoms with Crippen molar-refractivity contribution in [2.24, 2.45) is 5.92 Å². The zero-order valence-electron chi connectivity index (χ0n) is 10.7. The molecule has 3 heteroatoms. The molecular weight excluding hydrogens is 212 g/mol. The molecule has 2 atom stereocenters. The van der Waals surface area contributed by atoms with Crippen molar-refractivity contribution in [3.05, 3.63) is 30.1 Å². The Morgan fingerprint density at radius 2 is 2.00 bits per heavy atom. The average molecular weight is 232 g/mol. The third-order valence-electron chi connectivity index (χ3n) is 3.25. The maximum atomic E-state index is 9.81. The number of aliphatic hydroxyl groups excluding tert-OH is 1. The van der Waals surface area contributed by atoms with Gasteiger partial charge in [0.15, 0.2) is 0 Å². The van der Waals surface area contributed by atoms with Gasteiger partial charge < -0.3 is 9.67 Å². The van der Waals surface area contributed by atoms with E-state index in [0.29, 0.717) is 5.92 Å². The van der Waals surface area contributed by atoms with Gasteiger partial charge in [-0.1, -0.05) is 32.4 Å². The molecule has 1 aromatic carbocycles. The van der Waals surface area contributed by atoms with Crippen molar-refractivity contribution in [3.63, 3.8) is 0 Å². The molecule has 0 amide bonds. The summed E-state index contributed by atoms with van der Waals surface area (Å²) in [5.41, 5.74) is 2.08. The first kappa shape index (κ1) is 12.1. The van der Waals surface area contributed by atoms with Crippen LogP contribution in [0.1, 0.15) is 39.1 Å². The Morgan fingerprint density at radius 1 is 1.29 bits per heavy atom. The molecule has 92 valence electrons. The normalized spacial score (nSPS) is 15.1. The van der Waals surface area contributed by atoms with Crippen LogP contribution < -0.4 is 0 Å². The maximum absolute atomic E-state index is 9.81. The Hall–Kier alpha value is -1.35. The van der Waals surface area contributed by atoms with Crippen molar-refractivity contribution in [2.75, 3.05) is 0 Å². The first-order valence-electron chi connectivity index (χ1n) is 6.26. The summed E-state index contributed by atoms with van der Waals surface area (Å²) in [5.74, 6) is 1.36. The number of fused-ring (bicyclic) bond motifs is 1. The van der Waals surface area contributed by atoms with Gasteiger partial charge in [0.2, 0.25) is 0 Å². The Kier molecular flexibility index (Phi) is 3.48. The molecule has 1 N–H and O–H groups in total. The van der Waals surface area contributed by atoms with Crippen molar-refractivity contribution in [2.45, 2.75) is 39.8 Å². The summed E-state index contributed by atoms with van der Waals surface area (Å²) in [5, 5.41) is 9.81. The molecule has 0 bridgehead atoms. The van der Waals surface area contributed by atoms with Crippen LogP contribution in [0.25, 0.3) is 11.0 Å². The fourth-order valence-electron chi connectivity index (χ4n) is 2.05. The third-order valence-corrected chi connectivity index (χ3v) is 3.25. The Bertz CT molecular complexity index is 502. The van der Waals surface area contributed by atoms with E-state index in [-0.39, 0.29) is 0 Å². The number of aliphatic hydroxyl groups is 1. The Morgan fingerprint density at radius 3 is 2.65 bits per heavy atom. The molecule has 0 aliphatic rings. The molecule has 0 fully saturated rings. The molecule has 1 heterocycles. The summed E-state index contributed by atoms with van der Waals surface area (Å²) < 4.78 is 2.15. The summed E-state index contributed by atoms with van der Waals surface area (Å²) in [6.45, 7) is 7.10. The Labute approximate surface area is 102 Å². The van der Waals surface area contributed by atoms with Crippen molar-refractivity contribution in [1.29, 1.82) is 0 Å². The van der Waals surface area contributed by atoms with Crippen molar-refractivity contribution in [3.8, 4) is 0 Å². The minimum Gasteiger partial charge on any atom is -0.385 e. The van der Waals surface area contributed by atoms with Gasteiger partial charge in [-0.15, -0.1) is 0 Å². The molecule has 2 rings (SSSR count). The van der Waals surface area contributed by atoms with E-state index in [1.807, 2.05) is 18.2 Å². The highest BCUT2D eigenvalue weighted by molar-refractivity contribution is 5.75. The number of nitrogens with zero attached hydrogens (tertiary/aromatic N) is 2. The van der Waals surface area contributed by atoms with E-state index in [1.165, 1.54) is 0 Å². The molecule has 0 saturated carbocycles. The van der Waals surface area contributed by atoms with Crippen LogP contribution >= 0.6 is 0 Å². The molecule has 2 aromatic rings. The second-order valence-corrected chi connectivity index (χ2v) is 4.76. The molecule has 0 spiro atoms. The quantitative estimate of drug-likeness (QED) is 0.879. The lowest BCUT2D eigenvalue weighted by Gasteiger charge is -2.14. The van der Waals surface area contributed by atoms with Crippen LogP contribution in [0, 0.1) is 5.92 Å². The van der Waals surface area contributed by atoms with Crippen LogP contribution in [0.3, 0.4) is 0 Å². The van der Waals surface area contributed by atoms with E-state index in [2.05, 4.69) is 29.5 Å². The van der Waals surface area contributed by atoms with Gasteiger partial charge >= 0.3 is 0 Å². The molecule has 17 heavy (non-hydrogen) atoms. The highest BCUT2D eigenvalue weighted by Crippen LogP contribution is 2.22. The van der Waals surface area contributed by atoms with Crippen LogP contribution in [0.15, 0.2) is 24.3 Å². The van der Waals surface area contributed by atoms with Crippen LogP contribution in [0.2, 0.25) is 0 Å². The van der Waals surface area contributed by atoms with Crippen LogP contribution in [-0.4, -0.2) is 14.7 Å². The van der Waals surface area contributed by atoms with Crippen LogP contribution in [-0.2, 0) is 6.54 Å². The maximum Gasteiger partial charge on any atom is 0.138 e. The zero-order chi connectivity index (χ0) is 12.4. The highest BCUT2D eigenvalue weighted by atomic mass is 16.3. The number of hydrogen-bond donors (Lipinski definition) is 1. The van der Waals surface area contributed by atoms with Gasteiger partial charge in [0.25, 0.3) is 0 Å².